The molecule has 0 atom stereocenters. The second kappa shape index (κ2) is 5.07. The maximum Gasteiger partial charge on any atom is 0.199 e. The molecular formula is C12H10BrNO2. The molecule has 2 rings (SSSR count). The molecular weight excluding hydrogens is 270 g/mol. The number of hydrogen-bond acceptors (Lipinski definition) is 3. The smallest absolute Gasteiger partial charge is 0.199 e. The van der Waals surface area contributed by atoms with E-state index in [2.05, 4.69) is 20.9 Å². The van der Waals surface area contributed by atoms with Gasteiger partial charge in [-0.05, 0) is 40.0 Å². The second-order valence-electron chi connectivity index (χ2n) is 3.38. The molecule has 0 N–H and O–H groups in total. The van der Waals surface area contributed by atoms with Crippen LogP contribution in [0.5, 0.6) is 0 Å². The molecule has 2 aromatic heterocycles. The van der Waals surface area contributed by atoms with Gasteiger partial charge in [0.05, 0.1) is 10.7 Å². The lowest BCUT2D eigenvalue weighted by Crippen LogP contribution is -2.00. The van der Waals surface area contributed by atoms with Gasteiger partial charge >= 0.3 is 0 Å². The van der Waals surface area contributed by atoms with Crippen LogP contribution >= 0.6 is 15.9 Å². The molecule has 0 amide bonds. The minimum Gasteiger partial charge on any atom is -0.460 e. The Bertz CT molecular complexity index is 479. The topological polar surface area (TPSA) is 43.1 Å². The number of aryl methyl sites for hydroxylation is 1. The van der Waals surface area contributed by atoms with Crippen LogP contribution in [0.1, 0.15) is 22.5 Å². The molecule has 0 unspecified atom stereocenters. The molecule has 0 radical (unpaired) electrons. The number of aromatic nitrogens is 1. The predicted octanol–water partition coefficient (Wildman–Crippen LogP) is 3.25. The summed E-state index contributed by atoms with van der Waals surface area (Å²) >= 11 is 3.27. The van der Waals surface area contributed by atoms with E-state index in [9.17, 15) is 4.79 Å². The van der Waals surface area contributed by atoms with Crippen LogP contribution in [-0.4, -0.2) is 10.8 Å². The Morgan fingerprint density at radius 3 is 2.94 bits per heavy atom. The SMILES string of the molecule is O=C(CCc1cccnc1)c1occc1Br. The second-order valence-corrected chi connectivity index (χ2v) is 4.24. The first-order valence-corrected chi connectivity index (χ1v) is 5.72. The average Bonchev–Trinajstić information content (AvgIpc) is 2.74. The third-order valence-corrected chi connectivity index (χ3v) is 2.86. The van der Waals surface area contributed by atoms with E-state index in [0.717, 1.165) is 5.56 Å². The number of hydrogen-bond donors (Lipinski definition) is 0. The fourth-order valence-electron chi connectivity index (χ4n) is 1.41. The van der Waals surface area contributed by atoms with Crippen molar-refractivity contribution < 1.29 is 9.21 Å². The molecule has 0 bridgehead atoms. The Kier molecular flexibility index (Phi) is 3.51. The minimum absolute atomic E-state index is 0.000674. The summed E-state index contributed by atoms with van der Waals surface area (Å²) in [5.74, 6) is 0.393. The van der Waals surface area contributed by atoms with Gasteiger partial charge in [-0.25, -0.2) is 0 Å². The highest BCUT2D eigenvalue weighted by molar-refractivity contribution is 9.10. The van der Waals surface area contributed by atoms with Gasteiger partial charge in [-0.1, -0.05) is 6.07 Å². The first-order valence-electron chi connectivity index (χ1n) is 4.92. The van der Waals surface area contributed by atoms with Crippen molar-refractivity contribution in [1.29, 1.82) is 0 Å². The van der Waals surface area contributed by atoms with Crippen LogP contribution < -0.4 is 0 Å². The van der Waals surface area contributed by atoms with Gasteiger partial charge in [-0.2, -0.15) is 0 Å². The van der Waals surface area contributed by atoms with Gasteiger partial charge in [0.25, 0.3) is 0 Å². The Balaban J connectivity index is 1.97. The standard InChI is InChI=1S/C12H10BrNO2/c13-10-5-7-16-12(10)11(15)4-3-9-2-1-6-14-8-9/h1-2,5-8H,3-4H2. The van der Waals surface area contributed by atoms with E-state index in [4.69, 9.17) is 4.42 Å². The highest BCUT2D eigenvalue weighted by atomic mass is 79.9. The third-order valence-electron chi connectivity index (χ3n) is 2.23. The van der Waals surface area contributed by atoms with E-state index in [1.165, 1.54) is 6.26 Å². The number of carbonyl (C=O) groups excluding carboxylic acids is 1. The van der Waals surface area contributed by atoms with Gasteiger partial charge in [-0.15, -0.1) is 0 Å². The first kappa shape index (κ1) is 11.1. The summed E-state index contributed by atoms with van der Waals surface area (Å²) in [5, 5.41) is 0. The van der Waals surface area contributed by atoms with Gasteiger partial charge < -0.3 is 4.42 Å². The fourth-order valence-corrected chi connectivity index (χ4v) is 1.83. The number of Topliss-reactive ketones (excluding diaryl/α,β-unsaturated/α-hetero) is 1. The summed E-state index contributed by atoms with van der Waals surface area (Å²) < 4.78 is 5.81. The van der Waals surface area contributed by atoms with Crippen molar-refractivity contribution in [3.63, 3.8) is 0 Å². The summed E-state index contributed by atoms with van der Waals surface area (Å²) in [6.45, 7) is 0. The van der Waals surface area contributed by atoms with Crippen molar-refractivity contribution >= 4 is 21.7 Å². The molecule has 0 saturated carbocycles. The van der Waals surface area contributed by atoms with Gasteiger partial charge in [0.15, 0.2) is 11.5 Å². The molecule has 0 aromatic carbocycles. The van der Waals surface area contributed by atoms with Crippen molar-refractivity contribution in [2.75, 3.05) is 0 Å². The molecule has 4 heteroatoms. The predicted molar refractivity (Wildman–Crippen MR) is 63.3 cm³/mol. The summed E-state index contributed by atoms with van der Waals surface area (Å²) in [6, 6.07) is 5.54. The molecule has 82 valence electrons. The van der Waals surface area contributed by atoms with Gasteiger partial charge in [0.2, 0.25) is 0 Å². The summed E-state index contributed by atoms with van der Waals surface area (Å²) in [5.41, 5.74) is 1.05. The van der Waals surface area contributed by atoms with E-state index >= 15 is 0 Å². The number of carbonyl (C=O) groups is 1. The summed E-state index contributed by atoms with van der Waals surface area (Å²) in [7, 11) is 0. The van der Waals surface area contributed by atoms with Crippen molar-refractivity contribution in [3.8, 4) is 0 Å². The van der Waals surface area contributed by atoms with Gasteiger partial charge in [0, 0.05) is 18.8 Å². The van der Waals surface area contributed by atoms with Crippen LogP contribution in [0.25, 0.3) is 0 Å². The highest BCUT2D eigenvalue weighted by Gasteiger charge is 2.13. The first-order chi connectivity index (χ1) is 7.77. The average molecular weight is 280 g/mol. The zero-order valence-corrected chi connectivity index (χ0v) is 10.1. The minimum atomic E-state index is 0.000674. The van der Waals surface area contributed by atoms with Crippen LogP contribution in [0.15, 0.2) is 45.7 Å². The molecule has 0 aliphatic carbocycles. The number of pyridine rings is 1. The normalized spacial score (nSPS) is 10.3. The van der Waals surface area contributed by atoms with Crippen LogP contribution in [0.4, 0.5) is 0 Å². The Labute approximate surface area is 102 Å². The number of halogens is 1. The Morgan fingerprint density at radius 1 is 1.44 bits per heavy atom. The Morgan fingerprint density at radius 2 is 2.31 bits per heavy atom. The molecule has 3 nitrogen and oxygen atoms in total. The maximum absolute atomic E-state index is 11.8. The van der Waals surface area contributed by atoms with E-state index < -0.39 is 0 Å². The van der Waals surface area contributed by atoms with Gasteiger partial charge in [-0.3, -0.25) is 9.78 Å². The van der Waals surface area contributed by atoms with Crippen molar-refractivity contribution in [2.45, 2.75) is 12.8 Å². The van der Waals surface area contributed by atoms with Crippen LogP contribution in [-0.2, 0) is 6.42 Å². The summed E-state index contributed by atoms with van der Waals surface area (Å²) in [4.78, 5) is 15.8. The summed E-state index contributed by atoms with van der Waals surface area (Å²) in [6.07, 6.45) is 6.10. The lowest BCUT2D eigenvalue weighted by Gasteiger charge is -1.99. The van der Waals surface area contributed by atoms with E-state index in [1.807, 2.05) is 12.1 Å². The molecule has 16 heavy (non-hydrogen) atoms. The van der Waals surface area contributed by atoms with Crippen LogP contribution in [0, 0.1) is 0 Å². The molecule has 0 aliphatic rings. The monoisotopic (exact) mass is 279 g/mol. The molecule has 0 spiro atoms. The van der Waals surface area contributed by atoms with Crippen molar-refractivity contribution in [2.24, 2.45) is 0 Å². The largest absolute Gasteiger partial charge is 0.460 e. The molecule has 0 fully saturated rings. The molecule has 0 aliphatic heterocycles. The Hall–Kier alpha value is -1.42. The van der Waals surface area contributed by atoms with E-state index in [0.29, 0.717) is 23.1 Å². The molecule has 0 saturated heterocycles. The zero-order valence-electron chi connectivity index (χ0n) is 8.52. The zero-order chi connectivity index (χ0) is 11.4. The van der Waals surface area contributed by atoms with E-state index in [1.54, 1.807) is 18.5 Å². The number of ketones is 1. The van der Waals surface area contributed by atoms with E-state index in [-0.39, 0.29) is 5.78 Å². The number of nitrogens with zero attached hydrogens (tertiary/aromatic N) is 1. The molecule has 2 heterocycles. The number of furan rings is 1. The van der Waals surface area contributed by atoms with Crippen molar-refractivity contribution in [1.82, 2.24) is 4.98 Å². The van der Waals surface area contributed by atoms with Crippen LogP contribution in [0.3, 0.4) is 0 Å². The molecule has 2 aromatic rings. The fraction of sp³-hybridized carbons (Fsp3) is 0.167. The highest BCUT2D eigenvalue weighted by Crippen LogP contribution is 2.19. The lowest BCUT2D eigenvalue weighted by molar-refractivity contribution is 0.0955. The number of rotatable bonds is 4. The van der Waals surface area contributed by atoms with Gasteiger partial charge in [0.1, 0.15) is 0 Å². The van der Waals surface area contributed by atoms with Crippen LogP contribution in [0.2, 0.25) is 0 Å². The lowest BCUT2D eigenvalue weighted by atomic mass is 10.1. The third kappa shape index (κ3) is 2.58. The maximum atomic E-state index is 11.8. The van der Waals surface area contributed by atoms with Crippen molar-refractivity contribution in [3.05, 3.63) is 52.7 Å². The quantitative estimate of drug-likeness (QED) is 0.807.